The third kappa shape index (κ3) is 3.05. The molecule has 2 heterocycles. The van der Waals surface area contributed by atoms with Crippen molar-refractivity contribution in [3.05, 3.63) is 28.8 Å². The zero-order valence-electron chi connectivity index (χ0n) is 18.5. The van der Waals surface area contributed by atoms with Gasteiger partial charge in [0.1, 0.15) is 10.1 Å². The van der Waals surface area contributed by atoms with Crippen molar-refractivity contribution in [2.75, 3.05) is 0 Å². The van der Waals surface area contributed by atoms with Crippen LogP contribution in [0.2, 0.25) is 0 Å². The SMILES string of the molecule is CC(C)(C)c1cc2c3c(c1)CC[C@@]1(O3)C(=O)C(Br)(CC2)C(Br)C(Br)(C(C)(C)C)C1Br. The van der Waals surface area contributed by atoms with Crippen LogP contribution in [0.15, 0.2) is 12.1 Å². The van der Waals surface area contributed by atoms with E-state index in [0.717, 1.165) is 25.0 Å². The number of alkyl halides is 4. The quantitative estimate of drug-likeness (QED) is 0.269. The molecule has 166 valence electrons. The van der Waals surface area contributed by atoms with Gasteiger partial charge in [-0.1, -0.05) is 117 Å². The van der Waals surface area contributed by atoms with E-state index in [0.29, 0.717) is 6.42 Å². The standard InChI is InChI=1S/C24H30Br4O2/c1-20(2,3)15-11-13-7-9-22(27)17(25)24(28,21(4,5)6)18(26)23(19(22)29)10-8-14(12-15)16(13)30-23/h11-12,17-18H,7-10H2,1-6H3/t17?,18?,22?,23-,24?/m0/s1. The highest BCUT2D eigenvalue weighted by molar-refractivity contribution is 9.15. The molecule has 3 aliphatic rings. The highest BCUT2D eigenvalue weighted by Gasteiger charge is 2.73. The molecule has 1 aliphatic carbocycles. The molecule has 3 bridgehead atoms. The number of hydrogen-bond donors (Lipinski definition) is 0. The number of ether oxygens (including phenoxy) is 1. The monoisotopic (exact) mass is 666 g/mol. The van der Waals surface area contributed by atoms with Crippen molar-refractivity contribution in [2.45, 2.75) is 96.5 Å². The second kappa shape index (κ2) is 7.06. The Morgan fingerprint density at radius 2 is 1.47 bits per heavy atom. The fourth-order valence-corrected chi connectivity index (χ4v) is 10.5. The van der Waals surface area contributed by atoms with Crippen molar-refractivity contribution < 1.29 is 9.53 Å². The molecule has 1 spiro atoms. The van der Waals surface area contributed by atoms with Gasteiger partial charge in [0.05, 0.1) is 14.0 Å². The second-order valence-corrected chi connectivity index (χ2v) is 15.9. The van der Waals surface area contributed by atoms with Gasteiger partial charge in [-0.25, -0.2) is 0 Å². The maximum Gasteiger partial charge on any atom is 0.195 e. The topological polar surface area (TPSA) is 26.3 Å². The predicted molar refractivity (Wildman–Crippen MR) is 138 cm³/mol. The van der Waals surface area contributed by atoms with Crippen molar-refractivity contribution in [3.8, 4) is 5.75 Å². The zero-order valence-corrected chi connectivity index (χ0v) is 24.8. The highest BCUT2D eigenvalue weighted by atomic mass is 79.9. The molecule has 0 aromatic heterocycles. The molecule has 5 atom stereocenters. The molecule has 1 aromatic carbocycles. The minimum Gasteiger partial charge on any atom is -0.478 e. The summed E-state index contributed by atoms with van der Waals surface area (Å²) in [6.45, 7) is 13.4. The number of carbonyl (C=O) groups excluding carboxylic acids is 1. The second-order valence-electron chi connectivity index (χ2n) is 11.3. The molecule has 1 fully saturated rings. The summed E-state index contributed by atoms with van der Waals surface area (Å²) in [5.74, 6) is 1.10. The Morgan fingerprint density at radius 3 is 1.97 bits per heavy atom. The van der Waals surface area contributed by atoms with E-state index in [1.807, 2.05) is 0 Å². The summed E-state index contributed by atoms with van der Waals surface area (Å²) in [7, 11) is 0. The van der Waals surface area contributed by atoms with Gasteiger partial charge >= 0.3 is 0 Å². The number of aryl methyl sites for hydroxylation is 2. The minimum atomic E-state index is -0.907. The normalized spacial score (nSPS) is 38.5. The number of rotatable bonds is 0. The van der Waals surface area contributed by atoms with Gasteiger partial charge in [-0.3, -0.25) is 4.79 Å². The van der Waals surface area contributed by atoms with Crippen molar-refractivity contribution in [3.63, 3.8) is 0 Å². The molecular weight excluding hydrogens is 640 g/mol. The molecule has 6 heteroatoms. The van der Waals surface area contributed by atoms with Gasteiger partial charge in [-0.15, -0.1) is 0 Å². The Labute approximate surface area is 214 Å². The lowest BCUT2D eigenvalue weighted by molar-refractivity contribution is -0.144. The largest absolute Gasteiger partial charge is 0.478 e. The van der Waals surface area contributed by atoms with Crippen LogP contribution in [0.3, 0.4) is 0 Å². The van der Waals surface area contributed by atoms with Crippen LogP contribution in [0.25, 0.3) is 0 Å². The van der Waals surface area contributed by atoms with Crippen LogP contribution >= 0.6 is 63.7 Å². The third-order valence-electron chi connectivity index (χ3n) is 7.38. The molecule has 2 aliphatic heterocycles. The predicted octanol–water partition coefficient (Wildman–Crippen LogP) is 7.42. The number of benzene rings is 1. The molecule has 1 saturated carbocycles. The lowest BCUT2D eigenvalue weighted by Crippen LogP contribution is -2.77. The van der Waals surface area contributed by atoms with Gasteiger partial charge < -0.3 is 4.74 Å². The fourth-order valence-electron chi connectivity index (χ4n) is 5.28. The zero-order chi connectivity index (χ0) is 22.5. The maximum atomic E-state index is 14.1. The van der Waals surface area contributed by atoms with E-state index < -0.39 is 14.2 Å². The Hall–Kier alpha value is 0.610. The number of carbonyl (C=O) groups is 1. The van der Waals surface area contributed by atoms with Crippen LogP contribution < -0.4 is 4.74 Å². The lowest BCUT2D eigenvalue weighted by atomic mass is 9.59. The van der Waals surface area contributed by atoms with Crippen molar-refractivity contribution >= 4 is 69.5 Å². The van der Waals surface area contributed by atoms with Crippen LogP contribution in [-0.2, 0) is 23.1 Å². The van der Waals surface area contributed by atoms with Crippen LogP contribution in [0.4, 0.5) is 0 Å². The van der Waals surface area contributed by atoms with E-state index in [9.17, 15) is 4.79 Å². The van der Waals surface area contributed by atoms with Gasteiger partial charge in [-0.2, -0.15) is 0 Å². The molecule has 4 unspecified atom stereocenters. The Kier molecular flexibility index (Phi) is 5.59. The number of fused-ring (bicyclic) bond motifs is 1. The van der Waals surface area contributed by atoms with Crippen molar-refractivity contribution in [1.29, 1.82) is 0 Å². The number of hydrogen-bond acceptors (Lipinski definition) is 2. The molecule has 0 N–H and O–H groups in total. The van der Waals surface area contributed by atoms with E-state index in [1.54, 1.807) is 0 Å². The number of Topliss-reactive ketones (excluding diaryl/α,β-unsaturated/α-hetero) is 1. The van der Waals surface area contributed by atoms with Crippen LogP contribution in [0.1, 0.15) is 71.1 Å². The molecule has 2 nitrogen and oxygen atoms in total. The van der Waals surface area contributed by atoms with E-state index >= 15 is 0 Å². The van der Waals surface area contributed by atoms with E-state index in [-0.39, 0.29) is 26.3 Å². The minimum absolute atomic E-state index is 0.0774. The first kappa shape index (κ1) is 23.8. The summed E-state index contributed by atoms with van der Waals surface area (Å²) in [5.41, 5.74) is 2.87. The molecule has 1 aromatic rings. The average Bonchev–Trinajstić information content (AvgIpc) is 2.65. The van der Waals surface area contributed by atoms with Crippen LogP contribution in [0.5, 0.6) is 5.75 Å². The number of halogens is 4. The Morgan fingerprint density at radius 1 is 0.933 bits per heavy atom. The maximum absolute atomic E-state index is 14.1. The highest BCUT2D eigenvalue weighted by Crippen LogP contribution is 2.64. The average molecular weight is 670 g/mol. The van der Waals surface area contributed by atoms with Crippen molar-refractivity contribution in [1.82, 2.24) is 0 Å². The molecule has 0 amide bonds. The third-order valence-corrected chi connectivity index (χ3v) is 15.5. The van der Waals surface area contributed by atoms with E-state index in [4.69, 9.17) is 4.74 Å². The summed E-state index contributed by atoms with van der Waals surface area (Å²) in [4.78, 5) is 13.8. The van der Waals surface area contributed by atoms with E-state index in [1.165, 1.54) is 16.7 Å². The first-order valence-corrected chi connectivity index (χ1v) is 14.1. The number of ketones is 1. The molecular formula is C24H30Br4O2. The van der Waals surface area contributed by atoms with Gasteiger partial charge in [-0.05, 0) is 53.2 Å². The van der Waals surface area contributed by atoms with Crippen LogP contribution in [-0.4, -0.2) is 29.7 Å². The summed E-state index contributed by atoms with van der Waals surface area (Å²) in [6.07, 6.45) is 3.07. The molecule has 0 saturated heterocycles. The van der Waals surface area contributed by atoms with Gasteiger partial charge in [0.2, 0.25) is 0 Å². The van der Waals surface area contributed by atoms with E-state index in [2.05, 4.69) is 117 Å². The fraction of sp³-hybridized carbons (Fsp3) is 0.708. The Balaban J connectivity index is 1.96. The van der Waals surface area contributed by atoms with Crippen LogP contribution in [0, 0.1) is 5.41 Å². The molecule has 0 radical (unpaired) electrons. The van der Waals surface area contributed by atoms with Gasteiger partial charge in [0, 0.05) is 0 Å². The molecule has 30 heavy (non-hydrogen) atoms. The van der Waals surface area contributed by atoms with Gasteiger partial charge in [0.15, 0.2) is 11.4 Å². The first-order valence-electron chi connectivity index (χ1n) is 10.7. The summed E-state index contributed by atoms with van der Waals surface area (Å²) in [5, 5.41) is 0. The first-order chi connectivity index (χ1) is 13.6. The van der Waals surface area contributed by atoms with Gasteiger partial charge in [0.25, 0.3) is 0 Å². The Bertz CT molecular complexity index is 915. The lowest BCUT2D eigenvalue weighted by Gasteiger charge is -2.62. The molecule has 4 rings (SSSR count). The van der Waals surface area contributed by atoms with Crippen molar-refractivity contribution in [2.24, 2.45) is 5.41 Å². The summed E-state index contributed by atoms with van der Waals surface area (Å²) < 4.78 is 5.73. The summed E-state index contributed by atoms with van der Waals surface area (Å²) in [6, 6.07) is 4.60. The smallest absolute Gasteiger partial charge is 0.195 e. The summed E-state index contributed by atoms with van der Waals surface area (Å²) >= 11 is 16.1.